The van der Waals surface area contributed by atoms with E-state index in [9.17, 15) is 4.79 Å². The summed E-state index contributed by atoms with van der Waals surface area (Å²) in [6.45, 7) is 3.21. The number of ether oxygens (including phenoxy) is 2. The van der Waals surface area contributed by atoms with E-state index in [1.54, 1.807) is 12.4 Å². The van der Waals surface area contributed by atoms with Crippen molar-refractivity contribution in [1.82, 2.24) is 4.98 Å². The van der Waals surface area contributed by atoms with Gasteiger partial charge in [-0.2, -0.15) is 0 Å². The number of fused-ring (bicyclic) bond motifs is 1. The largest absolute Gasteiger partial charge is 0.498 e. The van der Waals surface area contributed by atoms with Crippen LogP contribution in [0.3, 0.4) is 0 Å². The first kappa shape index (κ1) is 21.7. The molecule has 0 aromatic carbocycles. The van der Waals surface area contributed by atoms with Crippen molar-refractivity contribution in [2.45, 2.75) is 56.2 Å². The molecule has 0 amide bonds. The summed E-state index contributed by atoms with van der Waals surface area (Å²) in [6, 6.07) is 3.75. The lowest BCUT2D eigenvalue weighted by atomic mass is 9.72. The highest BCUT2D eigenvalue weighted by Gasteiger charge is 2.66. The Kier molecular flexibility index (Phi) is 6.45. The third-order valence-electron chi connectivity index (χ3n) is 6.99. The number of carbonyl (C=O) groups excluding carboxylic acids is 1. The van der Waals surface area contributed by atoms with Crippen molar-refractivity contribution in [2.24, 2.45) is 17.3 Å². The maximum Gasteiger partial charge on any atom is 0.168 e. The standard InChI is InChI=1S/C24H29Cl2NO3/c1-23(17-7-2-3-8-17)22(28)20-11-10-18(15-21(20)24(23,25)26)29-13-4-5-14-30-19-9-6-12-27-16-19/h6,9-12,16-17,21H,2-5,7-8,13-15H2,1H3. The second kappa shape index (κ2) is 8.92. The lowest BCUT2D eigenvalue weighted by Crippen LogP contribution is -2.45. The molecule has 0 aliphatic heterocycles. The Bertz CT molecular complexity index is 830. The number of ketones is 1. The highest BCUT2D eigenvalue weighted by atomic mass is 35.5. The van der Waals surface area contributed by atoms with Crippen LogP contribution in [0.5, 0.6) is 5.75 Å². The summed E-state index contributed by atoms with van der Waals surface area (Å²) in [5, 5.41) is 0. The van der Waals surface area contributed by atoms with Crippen LogP contribution in [0.1, 0.15) is 51.9 Å². The van der Waals surface area contributed by atoms with Gasteiger partial charge in [0.2, 0.25) is 0 Å². The fraction of sp³-hybridized carbons (Fsp3) is 0.583. The summed E-state index contributed by atoms with van der Waals surface area (Å²) in [6.07, 6.45) is 13.9. The first-order valence-corrected chi connectivity index (χ1v) is 11.7. The van der Waals surface area contributed by atoms with Gasteiger partial charge in [-0.1, -0.05) is 42.1 Å². The second-order valence-corrected chi connectivity index (χ2v) is 10.1. The van der Waals surface area contributed by atoms with Gasteiger partial charge >= 0.3 is 0 Å². The molecule has 30 heavy (non-hydrogen) atoms. The van der Waals surface area contributed by atoms with E-state index < -0.39 is 9.75 Å². The van der Waals surface area contributed by atoms with Gasteiger partial charge in [0.25, 0.3) is 0 Å². The van der Waals surface area contributed by atoms with Gasteiger partial charge in [0, 0.05) is 24.1 Å². The average Bonchev–Trinajstić information content (AvgIpc) is 3.34. The number of aromatic nitrogens is 1. The SMILES string of the molecule is CC1(C2CCCC2)C(=O)C2=CC=C(OCCCCOc3cccnc3)CC2C1(Cl)Cl. The van der Waals surface area contributed by atoms with E-state index in [1.807, 2.05) is 31.2 Å². The van der Waals surface area contributed by atoms with Crippen LogP contribution in [0.4, 0.5) is 0 Å². The van der Waals surface area contributed by atoms with Crippen LogP contribution < -0.4 is 4.74 Å². The third kappa shape index (κ3) is 3.89. The molecule has 2 fully saturated rings. The Labute approximate surface area is 188 Å². The zero-order valence-corrected chi connectivity index (χ0v) is 18.9. The van der Waals surface area contributed by atoms with E-state index in [0.29, 0.717) is 19.6 Å². The van der Waals surface area contributed by atoms with Crippen LogP contribution in [0.15, 0.2) is 48.0 Å². The molecular weight excluding hydrogens is 421 g/mol. The normalized spacial score (nSPS) is 28.1. The number of carbonyl (C=O) groups is 1. The lowest BCUT2D eigenvalue weighted by Gasteiger charge is -2.40. The topological polar surface area (TPSA) is 48.4 Å². The van der Waals surface area contributed by atoms with Gasteiger partial charge in [-0.3, -0.25) is 9.78 Å². The molecule has 4 rings (SSSR count). The molecule has 2 unspecified atom stereocenters. The molecule has 0 saturated heterocycles. The number of nitrogens with zero attached hydrogens (tertiary/aromatic N) is 1. The Hall–Kier alpha value is -1.52. The van der Waals surface area contributed by atoms with E-state index in [1.165, 1.54) is 0 Å². The molecule has 6 heteroatoms. The minimum Gasteiger partial charge on any atom is -0.498 e. The number of alkyl halides is 2. The fourth-order valence-corrected chi connectivity index (χ4v) is 6.02. The number of allylic oxidation sites excluding steroid dienone is 4. The predicted molar refractivity (Wildman–Crippen MR) is 119 cm³/mol. The first-order valence-electron chi connectivity index (χ1n) is 10.9. The number of pyridine rings is 1. The maximum atomic E-state index is 13.3. The van der Waals surface area contributed by atoms with E-state index >= 15 is 0 Å². The molecule has 0 bridgehead atoms. The van der Waals surface area contributed by atoms with Crippen LogP contribution in [0.25, 0.3) is 0 Å². The van der Waals surface area contributed by atoms with Gasteiger partial charge in [-0.05, 0) is 56.7 Å². The van der Waals surface area contributed by atoms with Crippen LogP contribution in [0, 0.1) is 17.3 Å². The van der Waals surface area contributed by atoms with E-state index in [4.69, 9.17) is 32.7 Å². The van der Waals surface area contributed by atoms with Crippen molar-refractivity contribution >= 4 is 29.0 Å². The van der Waals surface area contributed by atoms with E-state index in [0.717, 1.165) is 55.6 Å². The highest BCUT2D eigenvalue weighted by Crippen LogP contribution is 2.64. The maximum absolute atomic E-state index is 13.3. The third-order valence-corrected chi connectivity index (χ3v) is 8.31. The monoisotopic (exact) mass is 449 g/mol. The Morgan fingerprint density at radius 2 is 1.87 bits per heavy atom. The molecule has 1 heterocycles. The molecule has 0 radical (unpaired) electrons. The molecular formula is C24H29Cl2NO3. The smallest absolute Gasteiger partial charge is 0.168 e. The fourth-order valence-electron chi connectivity index (χ4n) is 5.15. The Balaban J connectivity index is 1.29. The van der Waals surface area contributed by atoms with Gasteiger partial charge in [0.15, 0.2) is 5.78 Å². The summed E-state index contributed by atoms with van der Waals surface area (Å²) in [4.78, 5) is 17.3. The molecule has 162 valence electrons. The van der Waals surface area contributed by atoms with E-state index in [2.05, 4.69) is 4.98 Å². The van der Waals surface area contributed by atoms with Gasteiger partial charge in [-0.25, -0.2) is 0 Å². The van der Waals surface area contributed by atoms with Gasteiger partial charge < -0.3 is 9.47 Å². The van der Waals surface area contributed by atoms with Crippen molar-refractivity contribution in [2.75, 3.05) is 13.2 Å². The van der Waals surface area contributed by atoms with Crippen LogP contribution >= 0.6 is 23.2 Å². The highest BCUT2D eigenvalue weighted by molar-refractivity contribution is 6.52. The zero-order chi connectivity index (χ0) is 21.2. The van der Waals surface area contributed by atoms with E-state index in [-0.39, 0.29) is 17.6 Å². The minimum absolute atomic E-state index is 0.132. The molecule has 1 aromatic rings. The summed E-state index contributed by atoms with van der Waals surface area (Å²) >= 11 is 13.9. The van der Waals surface area contributed by atoms with Gasteiger partial charge in [0.05, 0.1) is 30.6 Å². The molecule has 3 aliphatic rings. The molecule has 0 spiro atoms. The van der Waals surface area contributed by atoms with Crippen molar-refractivity contribution in [3.63, 3.8) is 0 Å². The first-order chi connectivity index (χ1) is 14.4. The Morgan fingerprint density at radius 1 is 1.13 bits per heavy atom. The number of halogens is 2. The predicted octanol–water partition coefficient (Wildman–Crippen LogP) is 6.04. The van der Waals surface area contributed by atoms with Gasteiger partial charge in [-0.15, -0.1) is 0 Å². The Morgan fingerprint density at radius 3 is 2.57 bits per heavy atom. The number of rotatable bonds is 8. The quantitative estimate of drug-likeness (QED) is 0.358. The second-order valence-electron chi connectivity index (χ2n) is 8.74. The van der Waals surface area contributed by atoms with Crippen LogP contribution in [-0.4, -0.2) is 28.3 Å². The van der Waals surface area contributed by atoms with Crippen LogP contribution in [0.2, 0.25) is 0 Å². The number of hydrogen-bond donors (Lipinski definition) is 0. The van der Waals surface area contributed by atoms with Crippen molar-refractivity contribution in [3.8, 4) is 5.75 Å². The molecule has 2 atom stereocenters. The summed E-state index contributed by atoms with van der Waals surface area (Å²) < 4.78 is 10.5. The minimum atomic E-state index is -1.09. The molecule has 1 aromatic heterocycles. The van der Waals surface area contributed by atoms with Crippen molar-refractivity contribution in [3.05, 3.63) is 48.0 Å². The van der Waals surface area contributed by atoms with Crippen LogP contribution in [-0.2, 0) is 9.53 Å². The molecule has 2 saturated carbocycles. The van der Waals surface area contributed by atoms with Crippen molar-refractivity contribution in [1.29, 1.82) is 0 Å². The van der Waals surface area contributed by atoms with Crippen molar-refractivity contribution < 1.29 is 14.3 Å². The number of hydrogen-bond acceptors (Lipinski definition) is 4. The summed E-state index contributed by atoms with van der Waals surface area (Å²) in [5.41, 5.74) is 0.0578. The molecule has 4 nitrogen and oxygen atoms in total. The average molecular weight is 450 g/mol. The molecule has 0 N–H and O–H groups in total. The number of Topliss-reactive ketones (excluding diaryl/α,β-unsaturated/α-hetero) is 1. The zero-order valence-electron chi connectivity index (χ0n) is 17.4. The summed E-state index contributed by atoms with van der Waals surface area (Å²) in [7, 11) is 0. The lowest BCUT2D eigenvalue weighted by molar-refractivity contribution is -0.125. The van der Waals surface area contributed by atoms with Gasteiger partial charge in [0.1, 0.15) is 10.1 Å². The molecule has 3 aliphatic carbocycles. The number of unbranched alkanes of at least 4 members (excludes halogenated alkanes) is 1. The summed E-state index contributed by atoms with van der Waals surface area (Å²) in [5.74, 6) is 1.82.